The molecule has 146 valence electrons. The van der Waals surface area contributed by atoms with Gasteiger partial charge in [0.1, 0.15) is 23.8 Å². The first kappa shape index (κ1) is 18.6. The third-order valence-corrected chi connectivity index (χ3v) is 4.69. The van der Waals surface area contributed by atoms with E-state index in [9.17, 15) is 4.79 Å². The topological polar surface area (TPSA) is 63.4 Å². The molecule has 5 nitrogen and oxygen atoms in total. The van der Waals surface area contributed by atoms with Crippen LogP contribution >= 0.6 is 0 Å². The standard InChI is InChI=1S/C24H22N2O3/c1-28-19-12-11-18-15-22(26-21(18)16-19)24(27)25-13-14-29-23-10-6-5-9-20(23)17-7-3-2-4-8-17/h2-12,15-16,26H,13-14H2,1H3,(H,25,27). The Balaban J connectivity index is 1.36. The highest BCUT2D eigenvalue weighted by Gasteiger charge is 2.10. The molecule has 0 bridgehead atoms. The summed E-state index contributed by atoms with van der Waals surface area (Å²) < 4.78 is 11.1. The maximum atomic E-state index is 12.4. The highest BCUT2D eigenvalue weighted by molar-refractivity contribution is 5.98. The summed E-state index contributed by atoms with van der Waals surface area (Å²) in [5.74, 6) is 1.38. The third-order valence-electron chi connectivity index (χ3n) is 4.69. The monoisotopic (exact) mass is 386 g/mol. The molecule has 0 radical (unpaired) electrons. The lowest BCUT2D eigenvalue weighted by atomic mass is 10.1. The average molecular weight is 386 g/mol. The van der Waals surface area contributed by atoms with Gasteiger partial charge < -0.3 is 19.8 Å². The second kappa shape index (κ2) is 8.52. The van der Waals surface area contributed by atoms with Crippen molar-refractivity contribution < 1.29 is 14.3 Å². The van der Waals surface area contributed by atoms with Crippen molar-refractivity contribution in [3.63, 3.8) is 0 Å². The molecule has 5 heteroatoms. The molecule has 0 spiro atoms. The van der Waals surface area contributed by atoms with E-state index in [1.807, 2.05) is 66.7 Å². The van der Waals surface area contributed by atoms with E-state index in [1.165, 1.54) is 0 Å². The number of carbonyl (C=O) groups excluding carboxylic acids is 1. The maximum Gasteiger partial charge on any atom is 0.267 e. The molecule has 0 saturated heterocycles. The summed E-state index contributed by atoms with van der Waals surface area (Å²) in [5, 5.41) is 3.85. The first-order chi connectivity index (χ1) is 14.2. The van der Waals surface area contributed by atoms with Gasteiger partial charge >= 0.3 is 0 Å². The van der Waals surface area contributed by atoms with Gasteiger partial charge in [-0.2, -0.15) is 0 Å². The van der Waals surface area contributed by atoms with Crippen molar-refractivity contribution >= 4 is 16.8 Å². The Labute approximate surface area is 169 Å². The molecule has 0 unspecified atom stereocenters. The summed E-state index contributed by atoms with van der Waals surface area (Å²) >= 11 is 0. The Bertz CT molecular complexity index is 1120. The number of ether oxygens (including phenoxy) is 2. The van der Waals surface area contributed by atoms with Gasteiger partial charge in [0.2, 0.25) is 0 Å². The van der Waals surface area contributed by atoms with Gasteiger partial charge in [0, 0.05) is 22.5 Å². The number of benzene rings is 3. The Morgan fingerprint density at radius 1 is 0.966 bits per heavy atom. The molecule has 1 amide bonds. The molecule has 0 aliphatic carbocycles. The summed E-state index contributed by atoms with van der Waals surface area (Å²) in [6, 6.07) is 25.5. The number of hydrogen-bond acceptors (Lipinski definition) is 3. The van der Waals surface area contributed by atoms with Crippen LogP contribution in [0.4, 0.5) is 0 Å². The second-order valence-electron chi connectivity index (χ2n) is 6.60. The average Bonchev–Trinajstić information content (AvgIpc) is 3.21. The number of rotatable bonds is 7. The molecule has 0 aliphatic heterocycles. The first-order valence-electron chi connectivity index (χ1n) is 9.47. The van der Waals surface area contributed by atoms with Gasteiger partial charge in [-0.15, -0.1) is 0 Å². The van der Waals surface area contributed by atoms with Crippen LogP contribution < -0.4 is 14.8 Å². The molecule has 4 rings (SSSR count). The quantitative estimate of drug-likeness (QED) is 0.454. The van der Waals surface area contributed by atoms with Gasteiger partial charge in [-0.25, -0.2) is 0 Å². The van der Waals surface area contributed by atoms with E-state index in [-0.39, 0.29) is 5.91 Å². The minimum absolute atomic E-state index is 0.167. The smallest absolute Gasteiger partial charge is 0.267 e. The van der Waals surface area contributed by atoms with Crippen LogP contribution in [-0.4, -0.2) is 31.2 Å². The highest BCUT2D eigenvalue weighted by atomic mass is 16.5. The largest absolute Gasteiger partial charge is 0.497 e. The summed E-state index contributed by atoms with van der Waals surface area (Å²) in [6.07, 6.45) is 0. The molecule has 0 saturated carbocycles. The van der Waals surface area contributed by atoms with Gasteiger partial charge in [0.05, 0.1) is 13.7 Å². The summed E-state index contributed by atoms with van der Waals surface area (Å²) in [4.78, 5) is 15.6. The van der Waals surface area contributed by atoms with E-state index in [0.29, 0.717) is 18.8 Å². The minimum Gasteiger partial charge on any atom is -0.497 e. The zero-order valence-corrected chi connectivity index (χ0v) is 16.1. The molecule has 1 heterocycles. The molecule has 1 aromatic heterocycles. The van der Waals surface area contributed by atoms with Gasteiger partial charge in [-0.1, -0.05) is 48.5 Å². The van der Waals surface area contributed by atoms with E-state index in [4.69, 9.17) is 9.47 Å². The molecule has 0 aliphatic rings. The number of carbonyl (C=O) groups is 1. The third kappa shape index (κ3) is 4.24. The predicted molar refractivity (Wildman–Crippen MR) is 115 cm³/mol. The van der Waals surface area contributed by atoms with Gasteiger partial charge in [0.15, 0.2) is 0 Å². The molecule has 0 fully saturated rings. The van der Waals surface area contributed by atoms with Gasteiger partial charge in [0.25, 0.3) is 5.91 Å². The Hall–Kier alpha value is -3.73. The number of aromatic amines is 1. The van der Waals surface area contributed by atoms with Crippen LogP contribution in [0.25, 0.3) is 22.0 Å². The fraction of sp³-hybridized carbons (Fsp3) is 0.125. The second-order valence-corrected chi connectivity index (χ2v) is 6.60. The van der Waals surface area contributed by atoms with Crippen LogP contribution in [0.15, 0.2) is 78.9 Å². The zero-order valence-electron chi connectivity index (χ0n) is 16.1. The zero-order chi connectivity index (χ0) is 20.1. The highest BCUT2D eigenvalue weighted by Crippen LogP contribution is 2.29. The fourth-order valence-corrected chi connectivity index (χ4v) is 3.22. The van der Waals surface area contributed by atoms with E-state index < -0.39 is 0 Å². The molecule has 3 aromatic carbocycles. The van der Waals surface area contributed by atoms with Gasteiger partial charge in [-0.05, 0) is 29.8 Å². The lowest BCUT2D eigenvalue weighted by molar-refractivity contribution is 0.0943. The van der Waals surface area contributed by atoms with Gasteiger partial charge in [-0.3, -0.25) is 4.79 Å². The van der Waals surface area contributed by atoms with E-state index in [1.54, 1.807) is 7.11 Å². The summed E-state index contributed by atoms with van der Waals surface area (Å²) in [7, 11) is 1.62. The van der Waals surface area contributed by atoms with Crippen LogP contribution in [0, 0.1) is 0 Å². The van der Waals surface area contributed by atoms with Crippen molar-refractivity contribution in [2.24, 2.45) is 0 Å². The molecular formula is C24H22N2O3. The molecule has 2 N–H and O–H groups in total. The van der Waals surface area contributed by atoms with Crippen molar-refractivity contribution in [2.45, 2.75) is 0 Å². The molecule has 0 atom stereocenters. The molecule has 29 heavy (non-hydrogen) atoms. The van der Waals surface area contributed by atoms with Crippen LogP contribution in [0.3, 0.4) is 0 Å². The number of fused-ring (bicyclic) bond motifs is 1. The summed E-state index contributed by atoms with van der Waals surface area (Å²) in [6.45, 7) is 0.782. The summed E-state index contributed by atoms with van der Waals surface area (Å²) in [5.41, 5.74) is 3.50. The number of aromatic nitrogens is 1. The Morgan fingerprint density at radius 3 is 2.59 bits per heavy atom. The predicted octanol–water partition coefficient (Wildman–Crippen LogP) is 4.65. The molecule has 4 aromatic rings. The van der Waals surface area contributed by atoms with E-state index in [2.05, 4.69) is 22.4 Å². The van der Waals surface area contributed by atoms with Crippen molar-refractivity contribution in [1.29, 1.82) is 0 Å². The lowest BCUT2D eigenvalue weighted by Gasteiger charge is -2.12. The van der Waals surface area contributed by atoms with Crippen LogP contribution in [0.5, 0.6) is 11.5 Å². The number of amides is 1. The number of H-pyrrole nitrogens is 1. The van der Waals surface area contributed by atoms with E-state index in [0.717, 1.165) is 33.5 Å². The van der Waals surface area contributed by atoms with Crippen molar-refractivity contribution in [3.05, 3.63) is 84.6 Å². The minimum atomic E-state index is -0.167. The molecular weight excluding hydrogens is 364 g/mol. The van der Waals surface area contributed by atoms with Crippen LogP contribution in [-0.2, 0) is 0 Å². The number of para-hydroxylation sites is 1. The maximum absolute atomic E-state index is 12.4. The van der Waals surface area contributed by atoms with Crippen LogP contribution in [0.2, 0.25) is 0 Å². The normalized spacial score (nSPS) is 10.7. The Kier molecular flexibility index (Phi) is 5.47. The van der Waals surface area contributed by atoms with Crippen LogP contribution in [0.1, 0.15) is 10.5 Å². The number of methoxy groups -OCH3 is 1. The van der Waals surface area contributed by atoms with Crippen molar-refractivity contribution in [1.82, 2.24) is 10.3 Å². The fourth-order valence-electron chi connectivity index (χ4n) is 3.22. The Morgan fingerprint density at radius 2 is 1.76 bits per heavy atom. The number of nitrogens with one attached hydrogen (secondary N) is 2. The first-order valence-corrected chi connectivity index (χ1v) is 9.47. The van der Waals surface area contributed by atoms with E-state index >= 15 is 0 Å². The van der Waals surface area contributed by atoms with Crippen molar-refractivity contribution in [3.8, 4) is 22.6 Å². The lowest BCUT2D eigenvalue weighted by Crippen LogP contribution is -2.28. The van der Waals surface area contributed by atoms with Crippen molar-refractivity contribution in [2.75, 3.05) is 20.3 Å². The SMILES string of the molecule is COc1ccc2cc(C(=O)NCCOc3ccccc3-c3ccccc3)[nH]c2c1. The number of hydrogen-bond donors (Lipinski definition) is 2.